The predicted molar refractivity (Wildman–Crippen MR) is 80.1 cm³/mol. The number of nitrogens with zero attached hydrogens (tertiary/aromatic N) is 2. The van der Waals surface area contributed by atoms with Gasteiger partial charge in [-0.3, -0.25) is 4.68 Å². The molecule has 1 aliphatic rings. The molecule has 3 nitrogen and oxygen atoms in total. The molecule has 0 spiro atoms. The topological polar surface area (TPSA) is 43.8 Å². The summed E-state index contributed by atoms with van der Waals surface area (Å²) in [6, 6.07) is 2.78. The molecule has 1 heterocycles. The number of rotatable bonds is 3. The fourth-order valence-electron chi connectivity index (χ4n) is 3.43. The molecule has 1 saturated carbocycles. The van der Waals surface area contributed by atoms with Crippen LogP contribution in [-0.4, -0.2) is 15.8 Å². The molecular formula is C16H29N3. The maximum absolute atomic E-state index is 6.38. The van der Waals surface area contributed by atoms with E-state index >= 15 is 0 Å². The number of nitrogens with two attached hydrogens (primary N) is 1. The van der Waals surface area contributed by atoms with Gasteiger partial charge in [0.1, 0.15) is 0 Å². The average Bonchev–Trinajstić information content (AvgIpc) is 2.68. The molecule has 0 saturated heterocycles. The van der Waals surface area contributed by atoms with Gasteiger partial charge in [0.15, 0.2) is 0 Å². The van der Waals surface area contributed by atoms with Crippen LogP contribution >= 0.6 is 0 Å². The fourth-order valence-corrected chi connectivity index (χ4v) is 3.43. The average molecular weight is 263 g/mol. The lowest BCUT2D eigenvalue weighted by molar-refractivity contribution is 0.106. The van der Waals surface area contributed by atoms with Crippen molar-refractivity contribution in [2.45, 2.75) is 72.4 Å². The zero-order valence-corrected chi connectivity index (χ0v) is 13.1. The molecule has 3 unspecified atom stereocenters. The van der Waals surface area contributed by atoms with Crippen LogP contribution in [0, 0.1) is 25.2 Å². The second kappa shape index (κ2) is 5.28. The Labute approximate surface area is 117 Å². The van der Waals surface area contributed by atoms with E-state index in [0.717, 1.165) is 18.0 Å². The van der Waals surface area contributed by atoms with E-state index in [4.69, 9.17) is 5.73 Å². The van der Waals surface area contributed by atoms with Crippen LogP contribution in [-0.2, 0) is 0 Å². The first kappa shape index (κ1) is 14.6. The van der Waals surface area contributed by atoms with Gasteiger partial charge < -0.3 is 5.73 Å². The van der Waals surface area contributed by atoms with E-state index in [2.05, 4.69) is 50.5 Å². The number of aromatic nitrogens is 2. The molecule has 3 heteroatoms. The van der Waals surface area contributed by atoms with Crippen LogP contribution < -0.4 is 5.73 Å². The minimum absolute atomic E-state index is 0.252. The maximum Gasteiger partial charge on any atom is 0.0676 e. The molecule has 19 heavy (non-hydrogen) atoms. The molecule has 2 N–H and O–H groups in total. The molecule has 0 bridgehead atoms. The van der Waals surface area contributed by atoms with Crippen LogP contribution in [0.15, 0.2) is 6.07 Å². The predicted octanol–water partition coefficient (Wildman–Crippen LogP) is 3.60. The first-order valence-corrected chi connectivity index (χ1v) is 7.63. The summed E-state index contributed by atoms with van der Waals surface area (Å²) >= 11 is 0. The minimum Gasteiger partial charge on any atom is -0.326 e. The normalized spacial score (nSPS) is 28.6. The van der Waals surface area contributed by atoms with Crippen LogP contribution in [0.2, 0.25) is 0 Å². The molecule has 0 aromatic carbocycles. The number of hydrogen-bond donors (Lipinski definition) is 1. The highest BCUT2D eigenvalue weighted by Gasteiger charge is 2.37. The lowest BCUT2D eigenvalue weighted by atomic mass is 9.67. The summed E-state index contributed by atoms with van der Waals surface area (Å²) in [5, 5.41) is 4.66. The zero-order valence-electron chi connectivity index (χ0n) is 13.1. The molecule has 2 rings (SSSR count). The van der Waals surface area contributed by atoms with Crippen molar-refractivity contribution >= 4 is 0 Å². The first-order chi connectivity index (χ1) is 8.85. The van der Waals surface area contributed by atoms with Crippen molar-refractivity contribution in [3.63, 3.8) is 0 Å². The highest BCUT2D eigenvalue weighted by atomic mass is 15.3. The van der Waals surface area contributed by atoms with Crippen LogP contribution in [0.3, 0.4) is 0 Å². The molecule has 1 aromatic heterocycles. The summed E-state index contributed by atoms with van der Waals surface area (Å²) < 4.78 is 2.18. The molecule has 0 radical (unpaired) electrons. The Morgan fingerprint density at radius 3 is 2.58 bits per heavy atom. The van der Waals surface area contributed by atoms with E-state index in [-0.39, 0.29) is 6.04 Å². The SMILES string of the molecule is CCC(C)(C)C1CCC(N)C(n2nc(C)cc2C)C1. The third kappa shape index (κ3) is 2.86. The van der Waals surface area contributed by atoms with E-state index in [1.807, 2.05) is 0 Å². The van der Waals surface area contributed by atoms with Gasteiger partial charge in [0, 0.05) is 11.7 Å². The van der Waals surface area contributed by atoms with Crippen molar-refractivity contribution in [3.8, 4) is 0 Å². The van der Waals surface area contributed by atoms with Crippen LogP contribution in [0.25, 0.3) is 0 Å². The zero-order chi connectivity index (χ0) is 14.2. The maximum atomic E-state index is 6.38. The molecular weight excluding hydrogens is 234 g/mol. The Morgan fingerprint density at radius 2 is 2.05 bits per heavy atom. The van der Waals surface area contributed by atoms with Gasteiger partial charge in [-0.1, -0.05) is 27.2 Å². The standard InChI is InChI=1S/C16H29N3/c1-6-16(4,5)13-7-8-14(17)15(10-13)19-12(3)9-11(2)18-19/h9,13-15H,6-8,10,17H2,1-5H3. The summed E-state index contributed by atoms with van der Waals surface area (Å²) in [6.45, 7) is 11.3. The van der Waals surface area contributed by atoms with Gasteiger partial charge in [-0.05, 0) is 50.5 Å². The van der Waals surface area contributed by atoms with Gasteiger partial charge in [0.05, 0.1) is 11.7 Å². The summed E-state index contributed by atoms with van der Waals surface area (Å²) in [5.74, 6) is 0.756. The molecule has 0 aliphatic heterocycles. The smallest absolute Gasteiger partial charge is 0.0676 e. The second-order valence-corrected chi connectivity index (χ2v) is 6.95. The summed E-state index contributed by atoms with van der Waals surface area (Å²) in [4.78, 5) is 0. The van der Waals surface area contributed by atoms with Gasteiger partial charge in [-0.2, -0.15) is 5.10 Å². The quantitative estimate of drug-likeness (QED) is 0.905. The largest absolute Gasteiger partial charge is 0.326 e. The van der Waals surface area contributed by atoms with E-state index in [1.54, 1.807) is 0 Å². The van der Waals surface area contributed by atoms with Crippen LogP contribution in [0.4, 0.5) is 0 Å². The summed E-state index contributed by atoms with van der Waals surface area (Å²) in [7, 11) is 0. The Balaban J connectivity index is 2.22. The summed E-state index contributed by atoms with van der Waals surface area (Å²) in [5.41, 5.74) is 9.13. The van der Waals surface area contributed by atoms with Gasteiger partial charge in [-0.25, -0.2) is 0 Å². The Bertz CT molecular complexity index is 433. The van der Waals surface area contributed by atoms with Crippen LogP contribution in [0.5, 0.6) is 0 Å². The van der Waals surface area contributed by atoms with E-state index in [9.17, 15) is 0 Å². The van der Waals surface area contributed by atoms with Gasteiger partial charge in [-0.15, -0.1) is 0 Å². The third-order valence-corrected chi connectivity index (χ3v) is 5.24. The third-order valence-electron chi connectivity index (χ3n) is 5.24. The molecule has 0 amide bonds. The lowest BCUT2D eigenvalue weighted by Crippen LogP contribution is -2.42. The monoisotopic (exact) mass is 263 g/mol. The van der Waals surface area contributed by atoms with Crippen molar-refractivity contribution in [3.05, 3.63) is 17.5 Å². The van der Waals surface area contributed by atoms with Gasteiger partial charge in [0.25, 0.3) is 0 Å². The van der Waals surface area contributed by atoms with E-state index in [0.29, 0.717) is 11.5 Å². The van der Waals surface area contributed by atoms with Gasteiger partial charge in [0.2, 0.25) is 0 Å². The number of aryl methyl sites for hydroxylation is 2. The van der Waals surface area contributed by atoms with E-state index < -0.39 is 0 Å². The molecule has 1 aromatic rings. The minimum atomic E-state index is 0.252. The van der Waals surface area contributed by atoms with Gasteiger partial charge >= 0.3 is 0 Å². The highest BCUT2D eigenvalue weighted by Crippen LogP contribution is 2.43. The molecule has 3 atom stereocenters. The van der Waals surface area contributed by atoms with Crippen LogP contribution in [0.1, 0.15) is 63.9 Å². The Morgan fingerprint density at radius 1 is 1.37 bits per heavy atom. The van der Waals surface area contributed by atoms with E-state index in [1.165, 1.54) is 25.0 Å². The molecule has 1 fully saturated rings. The van der Waals surface area contributed by atoms with Crippen molar-refractivity contribution in [1.82, 2.24) is 9.78 Å². The molecule has 108 valence electrons. The second-order valence-electron chi connectivity index (χ2n) is 6.95. The van der Waals surface area contributed by atoms with Crippen molar-refractivity contribution in [2.24, 2.45) is 17.1 Å². The van der Waals surface area contributed by atoms with Crippen molar-refractivity contribution in [2.75, 3.05) is 0 Å². The lowest BCUT2D eigenvalue weighted by Gasteiger charge is -2.42. The Kier molecular flexibility index (Phi) is 4.05. The van der Waals surface area contributed by atoms with Crippen molar-refractivity contribution in [1.29, 1.82) is 0 Å². The highest BCUT2D eigenvalue weighted by molar-refractivity contribution is 5.09. The summed E-state index contributed by atoms with van der Waals surface area (Å²) in [6.07, 6.45) is 4.79. The molecule has 1 aliphatic carbocycles. The first-order valence-electron chi connectivity index (χ1n) is 7.63. The fraction of sp³-hybridized carbons (Fsp3) is 0.812. The van der Waals surface area contributed by atoms with Crippen molar-refractivity contribution < 1.29 is 0 Å². The number of hydrogen-bond acceptors (Lipinski definition) is 2. The Hall–Kier alpha value is -0.830.